The molecule has 106 valence electrons. The molecule has 0 aliphatic carbocycles. The Balaban J connectivity index is 2.16. The van der Waals surface area contributed by atoms with Crippen molar-refractivity contribution < 1.29 is 14.3 Å². The first kappa shape index (κ1) is 13.6. The average Bonchev–Trinajstić information content (AvgIpc) is 2.86. The fourth-order valence-corrected chi connectivity index (χ4v) is 2.93. The Morgan fingerprint density at radius 2 is 2.20 bits per heavy atom. The quantitative estimate of drug-likeness (QED) is 0.790. The number of hydrogen-bond donors (Lipinski definition) is 0. The summed E-state index contributed by atoms with van der Waals surface area (Å²) in [5.74, 6) is -0.350. The van der Waals surface area contributed by atoms with Crippen LogP contribution in [0.5, 0.6) is 0 Å². The van der Waals surface area contributed by atoms with E-state index in [1.165, 1.54) is 7.11 Å². The molecule has 1 aromatic carbocycles. The van der Waals surface area contributed by atoms with Gasteiger partial charge in [0.1, 0.15) is 0 Å². The zero-order chi connectivity index (χ0) is 14.1. The number of fused-ring (bicyclic) bond motifs is 1. The number of benzene rings is 1. The van der Waals surface area contributed by atoms with Crippen molar-refractivity contribution in [3.05, 3.63) is 28.4 Å². The maximum atomic E-state index is 12.1. The van der Waals surface area contributed by atoms with Gasteiger partial charge in [0.15, 0.2) is 5.69 Å². The molecule has 5 nitrogen and oxygen atoms in total. The highest BCUT2D eigenvalue weighted by Crippen LogP contribution is 2.29. The van der Waals surface area contributed by atoms with Crippen LogP contribution in [0.2, 0.25) is 0 Å². The van der Waals surface area contributed by atoms with Crippen molar-refractivity contribution >= 4 is 32.8 Å². The van der Waals surface area contributed by atoms with Gasteiger partial charge in [-0.2, -0.15) is 5.10 Å². The molecule has 1 saturated heterocycles. The number of ether oxygens (including phenoxy) is 2. The first-order valence-corrected chi connectivity index (χ1v) is 7.34. The molecule has 0 amide bonds. The molecule has 1 fully saturated rings. The lowest BCUT2D eigenvalue weighted by Crippen LogP contribution is -2.24. The molecule has 2 aromatic rings. The zero-order valence-electron chi connectivity index (χ0n) is 11.1. The molecule has 6 heteroatoms. The third-order valence-corrected chi connectivity index (χ3v) is 4.07. The van der Waals surface area contributed by atoms with Gasteiger partial charge in [0, 0.05) is 23.1 Å². The van der Waals surface area contributed by atoms with Gasteiger partial charge in [-0.25, -0.2) is 4.79 Å². The number of hydrogen-bond acceptors (Lipinski definition) is 4. The molecule has 0 atom stereocenters. The third kappa shape index (κ3) is 2.33. The zero-order valence-corrected chi connectivity index (χ0v) is 12.7. The van der Waals surface area contributed by atoms with Gasteiger partial charge >= 0.3 is 5.97 Å². The Hall–Kier alpha value is -1.40. The molecule has 0 radical (unpaired) electrons. The molecule has 2 heterocycles. The van der Waals surface area contributed by atoms with Crippen LogP contribution >= 0.6 is 15.9 Å². The summed E-state index contributed by atoms with van der Waals surface area (Å²) in [6, 6.07) is 5.92. The largest absolute Gasteiger partial charge is 0.464 e. The van der Waals surface area contributed by atoms with Gasteiger partial charge in [0.25, 0.3) is 0 Å². The third-order valence-electron chi connectivity index (χ3n) is 3.57. The van der Waals surface area contributed by atoms with Gasteiger partial charge in [-0.3, -0.25) is 4.68 Å². The molecule has 20 heavy (non-hydrogen) atoms. The molecule has 0 N–H and O–H groups in total. The number of carbonyl (C=O) groups is 1. The number of carbonyl (C=O) groups excluding carboxylic acids is 1. The molecule has 1 aromatic heterocycles. The summed E-state index contributed by atoms with van der Waals surface area (Å²) in [5, 5.41) is 5.40. The van der Waals surface area contributed by atoms with Crippen LogP contribution in [-0.2, 0) is 9.47 Å². The Kier molecular flexibility index (Phi) is 3.76. The smallest absolute Gasteiger partial charge is 0.356 e. The second-order valence-corrected chi connectivity index (χ2v) is 5.71. The number of halogens is 1. The van der Waals surface area contributed by atoms with E-state index in [9.17, 15) is 4.79 Å². The van der Waals surface area contributed by atoms with Gasteiger partial charge in [0.2, 0.25) is 0 Å². The highest BCUT2D eigenvalue weighted by Gasteiger charge is 2.25. The minimum Gasteiger partial charge on any atom is -0.464 e. The van der Waals surface area contributed by atoms with E-state index < -0.39 is 0 Å². The lowest BCUT2D eigenvalue weighted by molar-refractivity contribution is 0.0529. The molecule has 0 spiro atoms. The van der Waals surface area contributed by atoms with Crippen molar-refractivity contribution in [1.82, 2.24) is 9.78 Å². The number of methoxy groups -OCH3 is 1. The number of aromatic nitrogens is 2. The number of esters is 1. The summed E-state index contributed by atoms with van der Waals surface area (Å²) in [6.07, 6.45) is 1.72. The molecule has 0 bridgehead atoms. The number of rotatable bonds is 2. The van der Waals surface area contributed by atoms with E-state index in [2.05, 4.69) is 21.0 Å². The highest BCUT2D eigenvalue weighted by molar-refractivity contribution is 9.10. The predicted octanol–water partition coefficient (Wildman–Crippen LogP) is 2.94. The summed E-state index contributed by atoms with van der Waals surface area (Å²) in [6.45, 7) is 1.40. The van der Waals surface area contributed by atoms with Crippen LogP contribution in [0.15, 0.2) is 22.7 Å². The summed E-state index contributed by atoms with van der Waals surface area (Å²) in [7, 11) is 1.40. The fourth-order valence-electron chi connectivity index (χ4n) is 2.57. The van der Waals surface area contributed by atoms with E-state index in [-0.39, 0.29) is 12.0 Å². The first-order valence-electron chi connectivity index (χ1n) is 6.54. The van der Waals surface area contributed by atoms with E-state index in [4.69, 9.17) is 9.47 Å². The Bertz CT molecular complexity index is 647. The summed E-state index contributed by atoms with van der Waals surface area (Å²) >= 11 is 3.43. The Morgan fingerprint density at radius 1 is 1.45 bits per heavy atom. The van der Waals surface area contributed by atoms with Gasteiger partial charge in [-0.1, -0.05) is 15.9 Å². The second-order valence-electron chi connectivity index (χ2n) is 4.79. The molecule has 3 rings (SSSR count). The van der Waals surface area contributed by atoms with Gasteiger partial charge in [-0.15, -0.1) is 0 Å². The molecule has 1 aliphatic heterocycles. The Morgan fingerprint density at radius 3 is 2.90 bits per heavy atom. The van der Waals surface area contributed by atoms with Crippen LogP contribution in [0.1, 0.15) is 29.4 Å². The molecule has 0 unspecified atom stereocenters. The normalized spacial score (nSPS) is 16.5. The molecular formula is C14H15BrN2O3. The summed E-state index contributed by atoms with van der Waals surface area (Å²) in [5.41, 5.74) is 1.33. The van der Waals surface area contributed by atoms with Gasteiger partial charge < -0.3 is 9.47 Å². The lowest BCUT2D eigenvalue weighted by Gasteiger charge is -2.23. The first-order chi connectivity index (χ1) is 9.70. The topological polar surface area (TPSA) is 53.3 Å². The van der Waals surface area contributed by atoms with Gasteiger partial charge in [-0.05, 0) is 31.0 Å². The van der Waals surface area contributed by atoms with Crippen molar-refractivity contribution in [3.63, 3.8) is 0 Å². The average molecular weight is 339 g/mol. The minimum absolute atomic E-state index is 0.184. The molecular weight excluding hydrogens is 324 g/mol. The van der Waals surface area contributed by atoms with Crippen molar-refractivity contribution in [3.8, 4) is 0 Å². The van der Waals surface area contributed by atoms with Gasteiger partial charge in [0.05, 0.1) is 18.7 Å². The van der Waals surface area contributed by atoms with E-state index in [1.807, 2.05) is 22.9 Å². The second kappa shape index (κ2) is 5.54. The van der Waals surface area contributed by atoms with E-state index in [0.717, 1.165) is 28.2 Å². The summed E-state index contributed by atoms with van der Waals surface area (Å²) < 4.78 is 13.0. The highest BCUT2D eigenvalue weighted by atomic mass is 79.9. The SMILES string of the molecule is COC(=O)c1c2cc(Br)ccc2nn1C1CCOCC1. The Labute approximate surface area is 125 Å². The van der Waals surface area contributed by atoms with Crippen molar-refractivity contribution in [2.45, 2.75) is 18.9 Å². The van der Waals surface area contributed by atoms with Crippen LogP contribution in [0.25, 0.3) is 10.9 Å². The van der Waals surface area contributed by atoms with Crippen LogP contribution in [-0.4, -0.2) is 36.1 Å². The predicted molar refractivity (Wildman–Crippen MR) is 77.9 cm³/mol. The van der Waals surface area contributed by atoms with Crippen LogP contribution < -0.4 is 0 Å². The van der Waals surface area contributed by atoms with E-state index in [1.54, 1.807) is 0 Å². The van der Waals surface area contributed by atoms with Crippen molar-refractivity contribution in [2.24, 2.45) is 0 Å². The van der Waals surface area contributed by atoms with Crippen LogP contribution in [0.4, 0.5) is 0 Å². The number of nitrogens with zero attached hydrogens (tertiary/aromatic N) is 2. The van der Waals surface area contributed by atoms with Crippen LogP contribution in [0, 0.1) is 0 Å². The fraction of sp³-hybridized carbons (Fsp3) is 0.429. The standard InChI is InChI=1S/C14H15BrN2O3/c1-19-14(18)13-11-8-9(15)2-3-12(11)16-17(13)10-4-6-20-7-5-10/h2-3,8,10H,4-7H2,1H3. The van der Waals surface area contributed by atoms with Crippen molar-refractivity contribution in [2.75, 3.05) is 20.3 Å². The molecule has 0 saturated carbocycles. The maximum absolute atomic E-state index is 12.1. The summed E-state index contributed by atoms with van der Waals surface area (Å²) in [4.78, 5) is 12.1. The minimum atomic E-state index is -0.350. The lowest BCUT2D eigenvalue weighted by atomic mass is 10.1. The van der Waals surface area contributed by atoms with E-state index in [0.29, 0.717) is 18.9 Å². The maximum Gasteiger partial charge on any atom is 0.356 e. The van der Waals surface area contributed by atoms with E-state index >= 15 is 0 Å². The van der Waals surface area contributed by atoms with Crippen LogP contribution in [0.3, 0.4) is 0 Å². The molecule has 1 aliphatic rings. The van der Waals surface area contributed by atoms with Crippen molar-refractivity contribution in [1.29, 1.82) is 0 Å². The monoisotopic (exact) mass is 338 g/mol.